The number of hydrogen-bond donors (Lipinski definition) is 2. The zero-order valence-electron chi connectivity index (χ0n) is 26.4. The van der Waals surface area contributed by atoms with Crippen molar-refractivity contribution in [3.05, 3.63) is 35.9 Å². The third-order valence-electron chi connectivity index (χ3n) is 11.2. The van der Waals surface area contributed by atoms with Crippen molar-refractivity contribution < 1.29 is 32.3 Å². The Morgan fingerprint density at radius 1 is 0.870 bits per heavy atom. The number of benzene rings is 1. The van der Waals surface area contributed by atoms with Crippen LogP contribution in [0, 0.1) is 11.8 Å². The molecule has 1 aliphatic carbocycles. The van der Waals surface area contributed by atoms with Gasteiger partial charge in [-0.2, -0.15) is 0 Å². The molecule has 4 atom stereocenters. The van der Waals surface area contributed by atoms with Crippen molar-refractivity contribution in [2.45, 2.75) is 100 Å². The molecule has 4 heterocycles. The molecule has 9 nitrogen and oxygen atoms in total. The minimum atomic E-state index is -2.60. The lowest BCUT2D eigenvalue weighted by Crippen LogP contribution is -2.61. The van der Waals surface area contributed by atoms with Gasteiger partial charge in [0.2, 0.25) is 23.6 Å². The zero-order chi connectivity index (χ0) is 32.5. The number of piperidine rings is 2. The number of carbonyl (C=O) groups is 4. The molecule has 4 aliphatic heterocycles. The molecule has 1 aromatic rings. The van der Waals surface area contributed by atoms with Crippen molar-refractivity contribution in [3.63, 3.8) is 0 Å². The molecule has 4 saturated heterocycles. The van der Waals surface area contributed by atoms with Gasteiger partial charge in [-0.15, -0.1) is 0 Å². The zero-order valence-corrected chi connectivity index (χ0v) is 26.4. The summed E-state index contributed by atoms with van der Waals surface area (Å²) < 4.78 is 42.5. The Balaban J connectivity index is 1.17. The predicted octanol–water partition coefficient (Wildman–Crippen LogP) is 3.53. The van der Waals surface area contributed by atoms with Crippen LogP contribution in [0.4, 0.5) is 13.2 Å². The van der Waals surface area contributed by atoms with Gasteiger partial charge >= 0.3 is 0 Å². The largest absolute Gasteiger partial charge is 0.356 e. The van der Waals surface area contributed by atoms with Gasteiger partial charge in [0.05, 0.1) is 12.1 Å². The molecule has 1 saturated carbocycles. The molecule has 46 heavy (non-hydrogen) atoms. The van der Waals surface area contributed by atoms with E-state index in [9.17, 15) is 32.3 Å². The second-order valence-electron chi connectivity index (χ2n) is 14.2. The van der Waals surface area contributed by atoms with E-state index in [-0.39, 0.29) is 74.2 Å². The van der Waals surface area contributed by atoms with E-state index in [0.29, 0.717) is 76.8 Å². The SMILES string of the molecule is O=C1CC2(CCN(C(=O)c3ccccc3)CC2)NC(=O)[C@@H]2C[C@H](F)CN2C(=O)C[C@@H]2CCN(C3CCC(F)(F)CC3)C[C@@H]2CCN1. The Kier molecular flexibility index (Phi) is 9.64. The first-order valence-electron chi connectivity index (χ1n) is 17.0. The maximum Gasteiger partial charge on any atom is 0.253 e. The van der Waals surface area contributed by atoms with Crippen LogP contribution in [0.1, 0.15) is 81.0 Å². The standard InChI is InChI=1S/C34H46F3N5O4/c35-26-19-28-31(45)39-33(12-16-40(17-13-33)32(46)23-4-2-1-3-5-23)20-29(43)38-14-8-25-21-41(27-6-10-34(36,37)11-7-27)15-9-24(25)18-30(44)42(28)22-26/h1-5,24-28H,6-22H2,(H,38,43)(H,39,45)/t24-,25-,26-,28-/m0/s1. The summed E-state index contributed by atoms with van der Waals surface area (Å²) >= 11 is 0. The molecule has 4 amide bonds. The predicted molar refractivity (Wildman–Crippen MR) is 165 cm³/mol. The summed E-state index contributed by atoms with van der Waals surface area (Å²) in [4.78, 5) is 59.4. The second kappa shape index (κ2) is 13.5. The van der Waals surface area contributed by atoms with Crippen LogP contribution in [0.5, 0.6) is 0 Å². The molecule has 0 bridgehead atoms. The minimum Gasteiger partial charge on any atom is -0.356 e. The summed E-state index contributed by atoms with van der Waals surface area (Å²) in [5, 5.41) is 6.12. The Morgan fingerprint density at radius 2 is 1.59 bits per heavy atom. The number of carbonyl (C=O) groups excluding carboxylic acids is 4. The van der Waals surface area contributed by atoms with Crippen LogP contribution < -0.4 is 10.6 Å². The third kappa shape index (κ3) is 7.37. The molecule has 1 aromatic carbocycles. The first kappa shape index (κ1) is 32.8. The summed E-state index contributed by atoms with van der Waals surface area (Å²) in [5.74, 6) is -3.57. The van der Waals surface area contributed by atoms with Gasteiger partial charge in [-0.05, 0) is 69.0 Å². The molecule has 0 radical (unpaired) electrons. The highest BCUT2D eigenvalue weighted by Gasteiger charge is 2.46. The van der Waals surface area contributed by atoms with Gasteiger partial charge in [0.25, 0.3) is 5.91 Å². The number of nitrogens with one attached hydrogen (secondary N) is 2. The van der Waals surface area contributed by atoms with Crippen molar-refractivity contribution in [2.75, 3.05) is 39.3 Å². The lowest BCUT2D eigenvalue weighted by atomic mass is 9.79. The van der Waals surface area contributed by atoms with Crippen molar-refractivity contribution >= 4 is 23.6 Å². The normalized spacial score (nSPS) is 31.4. The van der Waals surface area contributed by atoms with E-state index in [1.807, 2.05) is 6.07 Å². The van der Waals surface area contributed by atoms with Gasteiger partial charge in [0.15, 0.2) is 0 Å². The number of alkyl halides is 3. The van der Waals surface area contributed by atoms with Crippen molar-refractivity contribution in [1.82, 2.24) is 25.3 Å². The van der Waals surface area contributed by atoms with Crippen LogP contribution in [-0.2, 0) is 14.4 Å². The number of fused-ring (bicyclic) bond motifs is 2. The number of amides is 4. The monoisotopic (exact) mass is 645 g/mol. The van der Waals surface area contributed by atoms with E-state index in [1.165, 1.54) is 4.90 Å². The molecule has 2 N–H and O–H groups in total. The Bertz CT molecular complexity index is 1280. The number of nitrogens with zero attached hydrogens (tertiary/aromatic N) is 3. The topological polar surface area (TPSA) is 102 Å². The summed E-state index contributed by atoms with van der Waals surface area (Å²) in [6, 6.07) is 8.08. The van der Waals surface area contributed by atoms with E-state index in [2.05, 4.69) is 15.5 Å². The van der Waals surface area contributed by atoms with Gasteiger partial charge in [0.1, 0.15) is 12.2 Å². The molecule has 0 unspecified atom stereocenters. The van der Waals surface area contributed by atoms with Crippen molar-refractivity contribution in [3.8, 4) is 0 Å². The van der Waals surface area contributed by atoms with E-state index in [4.69, 9.17) is 0 Å². The van der Waals surface area contributed by atoms with Gasteiger partial charge in [-0.25, -0.2) is 13.2 Å². The minimum absolute atomic E-state index is 0.00572. The van der Waals surface area contributed by atoms with E-state index >= 15 is 0 Å². The van der Waals surface area contributed by atoms with E-state index in [1.54, 1.807) is 29.2 Å². The van der Waals surface area contributed by atoms with Crippen molar-refractivity contribution in [2.24, 2.45) is 11.8 Å². The number of hydrogen-bond acceptors (Lipinski definition) is 5. The smallest absolute Gasteiger partial charge is 0.253 e. The maximum atomic E-state index is 14.8. The summed E-state index contributed by atoms with van der Waals surface area (Å²) in [5.41, 5.74) is -0.365. The Labute approximate surface area is 268 Å². The van der Waals surface area contributed by atoms with Crippen LogP contribution in [-0.4, -0.2) is 107 Å². The van der Waals surface area contributed by atoms with E-state index < -0.39 is 29.6 Å². The van der Waals surface area contributed by atoms with E-state index in [0.717, 1.165) is 0 Å². The van der Waals surface area contributed by atoms with Crippen molar-refractivity contribution in [1.29, 1.82) is 0 Å². The molecule has 6 rings (SSSR count). The van der Waals surface area contributed by atoms with Gasteiger partial charge in [-0.1, -0.05) is 18.2 Å². The molecule has 12 heteroatoms. The fourth-order valence-corrected chi connectivity index (χ4v) is 8.44. The Morgan fingerprint density at radius 3 is 2.30 bits per heavy atom. The fraction of sp³-hybridized carbons (Fsp3) is 0.706. The Hall–Kier alpha value is -3.15. The summed E-state index contributed by atoms with van der Waals surface area (Å²) in [6.45, 7) is 2.31. The summed E-state index contributed by atoms with van der Waals surface area (Å²) in [7, 11) is 0. The lowest BCUT2D eigenvalue weighted by molar-refractivity contribution is -0.141. The molecular weight excluding hydrogens is 599 g/mol. The third-order valence-corrected chi connectivity index (χ3v) is 11.2. The van der Waals surface area contributed by atoms with Crippen LogP contribution in [0.3, 0.4) is 0 Å². The van der Waals surface area contributed by atoms with Crippen LogP contribution in [0.2, 0.25) is 0 Å². The van der Waals surface area contributed by atoms with Gasteiger partial charge in [-0.3, -0.25) is 19.2 Å². The molecule has 5 fully saturated rings. The first-order chi connectivity index (χ1) is 22.0. The highest BCUT2D eigenvalue weighted by Crippen LogP contribution is 2.39. The number of likely N-dealkylation sites (tertiary alicyclic amines) is 2. The molecular formula is C34H46F3N5O4. The van der Waals surface area contributed by atoms with Crippen LogP contribution in [0.25, 0.3) is 0 Å². The van der Waals surface area contributed by atoms with Crippen LogP contribution in [0.15, 0.2) is 30.3 Å². The average molecular weight is 646 g/mol. The second-order valence-corrected chi connectivity index (χ2v) is 14.2. The first-order valence-corrected chi connectivity index (χ1v) is 17.0. The number of rotatable bonds is 2. The highest BCUT2D eigenvalue weighted by molar-refractivity contribution is 5.94. The molecule has 1 spiro atoms. The lowest BCUT2D eigenvalue weighted by Gasteiger charge is -2.45. The molecule has 5 aliphatic rings. The molecule has 0 aromatic heterocycles. The summed E-state index contributed by atoms with van der Waals surface area (Å²) in [6.07, 6.45) is 1.51. The molecule has 252 valence electrons. The quantitative estimate of drug-likeness (QED) is 0.513. The highest BCUT2D eigenvalue weighted by atomic mass is 19.3. The van der Waals surface area contributed by atoms with Gasteiger partial charge < -0.3 is 25.3 Å². The fourth-order valence-electron chi connectivity index (χ4n) is 8.44. The number of halogens is 3. The maximum absolute atomic E-state index is 14.8. The average Bonchev–Trinajstić information content (AvgIpc) is 3.44. The van der Waals surface area contributed by atoms with Crippen LogP contribution >= 0.6 is 0 Å². The van der Waals surface area contributed by atoms with Gasteiger partial charge in [0, 0.05) is 69.9 Å².